The third-order valence-corrected chi connectivity index (χ3v) is 5.71. The van der Waals surface area contributed by atoms with E-state index in [0.717, 1.165) is 30.2 Å². The Morgan fingerprint density at radius 1 is 1.26 bits per heavy atom. The summed E-state index contributed by atoms with van der Waals surface area (Å²) in [6.07, 6.45) is 1.19. The number of likely N-dealkylation sites (N-methyl/N-ethyl adjacent to an activating group) is 1. The van der Waals surface area contributed by atoms with Crippen molar-refractivity contribution in [2.75, 3.05) is 33.2 Å². The van der Waals surface area contributed by atoms with Crippen LogP contribution in [-0.4, -0.2) is 65.9 Å². The number of piperazine rings is 1. The molecule has 0 bridgehead atoms. The van der Waals surface area contributed by atoms with Crippen molar-refractivity contribution < 1.29 is 9.59 Å². The molecule has 1 saturated heterocycles. The minimum atomic E-state index is -0.452. The number of nitrogens with one attached hydrogen (secondary N) is 1. The van der Waals surface area contributed by atoms with Crippen LogP contribution < -0.4 is 5.32 Å². The number of thiazole rings is 1. The molecule has 0 saturated carbocycles. The number of carbonyl (C=O) groups excluding carboxylic acids is 2. The Morgan fingerprint density at radius 2 is 2.04 bits per heavy atom. The van der Waals surface area contributed by atoms with Crippen LogP contribution in [0.2, 0.25) is 0 Å². The Hall–Kier alpha value is -2.25. The summed E-state index contributed by atoms with van der Waals surface area (Å²) in [7, 11) is 1.62. The molecule has 2 heterocycles. The number of rotatable bonds is 6. The maximum atomic E-state index is 12.8. The second-order valence-corrected chi connectivity index (χ2v) is 7.85. The molecule has 0 radical (unpaired) electrons. The van der Waals surface area contributed by atoms with E-state index in [1.807, 2.05) is 30.5 Å². The average molecular weight is 387 g/mol. The number of benzene rings is 1. The van der Waals surface area contributed by atoms with E-state index in [1.54, 1.807) is 23.3 Å². The lowest BCUT2D eigenvalue weighted by molar-refractivity contribution is -0.143. The van der Waals surface area contributed by atoms with Crippen molar-refractivity contribution in [2.24, 2.45) is 0 Å². The molecule has 0 aliphatic carbocycles. The SMILES string of the molecule is CNC(=O)C1CN(CCc2ccccc2)CCN1C(=O)Cc1csc(C)n1. The zero-order valence-corrected chi connectivity index (χ0v) is 16.7. The summed E-state index contributed by atoms with van der Waals surface area (Å²) in [6.45, 7) is 4.72. The molecule has 3 rings (SSSR count). The Labute approximate surface area is 164 Å². The van der Waals surface area contributed by atoms with Crippen molar-refractivity contribution in [2.45, 2.75) is 25.8 Å². The monoisotopic (exact) mass is 386 g/mol. The van der Waals surface area contributed by atoms with E-state index in [4.69, 9.17) is 0 Å². The van der Waals surface area contributed by atoms with Gasteiger partial charge in [-0.25, -0.2) is 4.98 Å². The number of aryl methyl sites for hydroxylation is 1. The quantitative estimate of drug-likeness (QED) is 0.817. The Kier molecular flexibility index (Phi) is 6.58. The average Bonchev–Trinajstić information content (AvgIpc) is 3.10. The van der Waals surface area contributed by atoms with Gasteiger partial charge < -0.3 is 10.2 Å². The van der Waals surface area contributed by atoms with Crippen molar-refractivity contribution >= 4 is 23.2 Å². The van der Waals surface area contributed by atoms with Crippen LogP contribution in [0.4, 0.5) is 0 Å². The molecule has 1 aliphatic heterocycles. The van der Waals surface area contributed by atoms with Gasteiger partial charge in [0.1, 0.15) is 6.04 Å². The molecule has 1 unspecified atom stereocenters. The molecule has 144 valence electrons. The van der Waals surface area contributed by atoms with Gasteiger partial charge in [-0.3, -0.25) is 14.5 Å². The van der Waals surface area contributed by atoms with Crippen molar-refractivity contribution in [3.63, 3.8) is 0 Å². The summed E-state index contributed by atoms with van der Waals surface area (Å²) >= 11 is 1.54. The van der Waals surface area contributed by atoms with Gasteiger partial charge in [0.25, 0.3) is 0 Å². The van der Waals surface area contributed by atoms with Crippen LogP contribution in [0, 0.1) is 6.92 Å². The van der Waals surface area contributed by atoms with Crippen LogP contribution in [0.1, 0.15) is 16.3 Å². The van der Waals surface area contributed by atoms with E-state index < -0.39 is 6.04 Å². The maximum Gasteiger partial charge on any atom is 0.243 e. The molecule has 2 amide bonds. The first kappa shape index (κ1) is 19.5. The molecular formula is C20H26N4O2S. The van der Waals surface area contributed by atoms with Gasteiger partial charge in [0.15, 0.2) is 0 Å². The summed E-state index contributed by atoms with van der Waals surface area (Å²) in [4.78, 5) is 33.6. The lowest BCUT2D eigenvalue weighted by Crippen LogP contribution is -2.60. The van der Waals surface area contributed by atoms with Gasteiger partial charge in [-0.2, -0.15) is 0 Å². The largest absolute Gasteiger partial charge is 0.357 e. The minimum Gasteiger partial charge on any atom is -0.357 e. The fraction of sp³-hybridized carbons (Fsp3) is 0.450. The standard InChI is InChI=1S/C20H26N4O2S/c1-15-22-17(14-27-15)12-19(25)24-11-10-23(13-18(24)20(26)21-2)9-8-16-6-4-3-5-7-16/h3-7,14,18H,8-13H2,1-2H3,(H,21,26). The number of hydrogen-bond donors (Lipinski definition) is 1. The molecule has 27 heavy (non-hydrogen) atoms. The molecule has 1 aliphatic rings. The first-order valence-corrected chi connectivity index (χ1v) is 10.1. The van der Waals surface area contributed by atoms with Crippen LogP contribution >= 0.6 is 11.3 Å². The normalized spacial score (nSPS) is 17.7. The van der Waals surface area contributed by atoms with Crippen LogP contribution in [0.15, 0.2) is 35.7 Å². The van der Waals surface area contributed by atoms with Crippen molar-refractivity contribution in [1.29, 1.82) is 0 Å². The summed E-state index contributed by atoms with van der Waals surface area (Å²) in [5, 5.41) is 5.57. The zero-order chi connectivity index (χ0) is 19.2. The van der Waals surface area contributed by atoms with E-state index in [-0.39, 0.29) is 18.2 Å². The molecule has 0 spiro atoms. The maximum absolute atomic E-state index is 12.8. The number of amides is 2. The fourth-order valence-corrected chi connectivity index (χ4v) is 4.02. The summed E-state index contributed by atoms with van der Waals surface area (Å²) in [5.74, 6) is -0.140. The molecule has 6 nitrogen and oxygen atoms in total. The van der Waals surface area contributed by atoms with E-state index in [2.05, 4.69) is 27.3 Å². The van der Waals surface area contributed by atoms with E-state index >= 15 is 0 Å². The third-order valence-electron chi connectivity index (χ3n) is 4.89. The van der Waals surface area contributed by atoms with Gasteiger partial charge in [-0.15, -0.1) is 11.3 Å². The van der Waals surface area contributed by atoms with E-state index in [9.17, 15) is 9.59 Å². The zero-order valence-electron chi connectivity index (χ0n) is 15.9. The van der Waals surface area contributed by atoms with Crippen LogP contribution in [0.25, 0.3) is 0 Å². The second-order valence-electron chi connectivity index (χ2n) is 6.79. The van der Waals surface area contributed by atoms with Crippen LogP contribution in [0.3, 0.4) is 0 Å². The molecular weight excluding hydrogens is 360 g/mol. The summed E-state index contributed by atoms with van der Waals surface area (Å²) < 4.78 is 0. The lowest BCUT2D eigenvalue weighted by atomic mass is 10.1. The van der Waals surface area contributed by atoms with Gasteiger partial charge in [-0.1, -0.05) is 30.3 Å². The van der Waals surface area contributed by atoms with E-state index in [1.165, 1.54) is 5.56 Å². The van der Waals surface area contributed by atoms with Crippen molar-refractivity contribution in [3.05, 3.63) is 52.0 Å². The molecule has 1 N–H and O–H groups in total. The Morgan fingerprint density at radius 3 is 2.70 bits per heavy atom. The number of aromatic nitrogens is 1. The van der Waals surface area contributed by atoms with Gasteiger partial charge in [0.2, 0.25) is 11.8 Å². The van der Waals surface area contributed by atoms with Crippen molar-refractivity contribution in [1.82, 2.24) is 20.1 Å². The van der Waals surface area contributed by atoms with Gasteiger partial charge in [0, 0.05) is 38.6 Å². The van der Waals surface area contributed by atoms with Gasteiger partial charge in [0.05, 0.1) is 17.1 Å². The summed E-state index contributed by atoms with van der Waals surface area (Å²) in [6, 6.07) is 9.88. The first-order valence-electron chi connectivity index (χ1n) is 9.25. The fourth-order valence-electron chi connectivity index (χ4n) is 3.41. The molecule has 2 aromatic rings. The smallest absolute Gasteiger partial charge is 0.243 e. The highest BCUT2D eigenvalue weighted by atomic mass is 32.1. The number of nitrogens with zero attached hydrogens (tertiary/aromatic N) is 3. The predicted molar refractivity (Wildman–Crippen MR) is 107 cm³/mol. The highest BCUT2D eigenvalue weighted by Gasteiger charge is 2.34. The summed E-state index contributed by atoms with van der Waals surface area (Å²) in [5.41, 5.74) is 2.07. The lowest BCUT2D eigenvalue weighted by Gasteiger charge is -2.40. The van der Waals surface area contributed by atoms with Crippen LogP contribution in [-0.2, 0) is 22.4 Å². The topological polar surface area (TPSA) is 65.5 Å². The van der Waals surface area contributed by atoms with E-state index in [0.29, 0.717) is 13.1 Å². The minimum absolute atomic E-state index is 0.0309. The molecule has 1 aromatic carbocycles. The highest BCUT2D eigenvalue weighted by molar-refractivity contribution is 7.09. The van der Waals surface area contributed by atoms with Crippen LogP contribution in [0.5, 0.6) is 0 Å². The van der Waals surface area contributed by atoms with Gasteiger partial charge >= 0.3 is 0 Å². The number of carbonyl (C=O) groups is 2. The van der Waals surface area contributed by atoms with Crippen molar-refractivity contribution in [3.8, 4) is 0 Å². The predicted octanol–water partition coefficient (Wildman–Crippen LogP) is 1.50. The highest BCUT2D eigenvalue weighted by Crippen LogP contribution is 2.15. The Bertz CT molecular complexity index is 777. The number of hydrogen-bond acceptors (Lipinski definition) is 5. The Balaban J connectivity index is 1.62. The third kappa shape index (κ3) is 5.14. The molecule has 1 fully saturated rings. The second kappa shape index (κ2) is 9.10. The first-order chi connectivity index (χ1) is 13.1. The molecule has 1 atom stereocenters. The molecule has 1 aromatic heterocycles. The van der Waals surface area contributed by atoms with Gasteiger partial charge in [-0.05, 0) is 18.9 Å². The molecule has 7 heteroatoms.